The van der Waals surface area contributed by atoms with Crippen molar-refractivity contribution < 1.29 is 9.50 Å². The second-order valence-corrected chi connectivity index (χ2v) is 5.21. The standard InChI is InChI=1S/C16H17FN6O/c1-23-9-12(7-19-23)20-16-18-8-13(17)15(22-16)21-14(10-24)11-5-3-2-4-6-11/h2-9,14,24H,10H2,1H3,(H2,18,20,21,22). The fourth-order valence-electron chi connectivity index (χ4n) is 2.23. The number of benzene rings is 1. The smallest absolute Gasteiger partial charge is 0.229 e. The first-order valence-electron chi connectivity index (χ1n) is 7.36. The number of aryl methyl sites for hydroxylation is 1. The van der Waals surface area contributed by atoms with Crippen LogP contribution < -0.4 is 10.6 Å². The molecule has 2 heterocycles. The van der Waals surface area contributed by atoms with E-state index in [-0.39, 0.29) is 18.4 Å². The Hall–Kier alpha value is -3.00. The van der Waals surface area contributed by atoms with E-state index in [1.807, 2.05) is 30.3 Å². The van der Waals surface area contributed by atoms with E-state index in [4.69, 9.17) is 0 Å². The highest BCUT2D eigenvalue weighted by molar-refractivity contribution is 5.53. The molecule has 0 fully saturated rings. The summed E-state index contributed by atoms with van der Waals surface area (Å²) in [4.78, 5) is 8.05. The zero-order valence-corrected chi connectivity index (χ0v) is 13.0. The van der Waals surface area contributed by atoms with Gasteiger partial charge in [0, 0.05) is 13.2 Å². The second-order valence-electron chi connectivity index (χ2n) is 5.21. The quantitative estimate of drug-likeness (QED) is 0.643. The van der Waals surface area contributed by atoms with Crippen LogP contribution in [0.15, 0.2) is 48.9 Å². The molecule has 2 aromatic heterocycles. The molecule has 0 saturated heterocycles. The van der Waals surface area contributed by atoms with Gasteiger partial charge < -0.3 is 15.7 Å². The van der Waals surface area contributed by atoms with Crippen LogP contribution in [-0.2, 0) is 7.05 Å². The number of hydrogen-bond acceptors (Lipinski definition) is 6. The van der Waals surface area contributed by atoms with Crippen LogP contribution in [0.4, 0.5) is 21.8 Å². The molecule has 0 amide bonds. The molecule has 1 atom stereocenters. The van der Waals surface area contributed by atoms with Crippen molar-refractivity contribution in [3.8, 4) is 0 Å². The number of anilines is 3. The lowest BCUT2D eigenvalue weighted by Gasteiger charge is -2.18. The van der Waals surface area contributed by atoms with Crippen molar-refractivity contribution in [2.75, 3.05) is 17.2 Å². The Morgan fingerprint density at radius 3 is 2.71 bits per heavy atom. The fourth-order valence-corrected chi connectivity index (χ4v) is 2.23. The van der Waals surface area contributed by atoms with Crippen molar-refractivity contribution in [2.24, 2.45) is 7.05 Å². The van der Waals surface area contributed by atoms with Gasteiger partial charge in [0.05, 0.1) is 30.7 Å². The maximum absolute atomic E-state index is 14.0. The molecule has 1 aromatic carbocycles. The van der Waals surface area contributed by atoms with Gasteiger partial charge in [0.25, 0.3) is 0 Å². The summed E-state index contributed by atoms with van der Waals surface area (Å²) < 4.78 is 15.6. The van der Waals surface area contributed by atoms with E-state index in [0.717, 1.165) is 11.8 Å². The summed E-state index contributed by atoms with van der Waals surface area (Å²) in [5, 5.41) is 19.5. The van der Waals surface area contributed by atoms with E-state index in [9.17, 15) is 9.50 Å². The zero-order chi connectivity index (χ0) is 16.9. The SMILES string of the molecule is Cn1cc(Nc2ncc(F)c(NC(CO)c3ccccc3)n2)cn1. The van der Waals surface area contributed by atoms with Crippen LogP contribution in [0, 0.1) is 5.82 Å². The first kappa shape index (κ1) is 15.9. The summed E-state index contributed by atoms with van der Waals surface area (Å²) in [7, 11) is 1.79. The third-order valence-electron chi connectivity index (χ3n) is 3.40. The van der Waals surface area contributed by atoms with Crippen molar-refractivity contribution in [3.05, 3.63) is 60.3 Å². The van der Waals surface area contributed by atoms with E-state index in [1.165, 1.54) is 0 Å². The van der Waals surface area contributed by atoms with Crippen molar-refractivity contribution >= 4 is 17.5 Å². The Balaban J connectivity index is 1.80. The molecule has 0 aliphatic rings. The molecule has 0 aliphatic carbocycles. The summed E-state index contributed by atoms with van der Waals surface area (Å²) in [6, 6.07) is 8.81. The maximum Gasteiger partial charge on any atom is 0.229 e. The number of aliphatic hydroxyl groups excluding tert-OH is 1. The highest BCUT2D eigenvalue weighted by Gasteiger charge is 2.14. The van der Waals surface area contributed by atoms with E-state index >= 15 is 0 Å². The zero-order valence-electron chi connectivity index (χ0n) is 13.0. The van der Waals surface area contributed by atoms with E-state index in [2.05, 4.69) is 25.7 Å². The van der Waals surface area contributed by atoms with Gasteiger partial charge in [-0.05, 0) is 5.56 Å². The molecule has 0 spiro atoms. The Labute approximate surface area is 138 Å². The number of halogens is 1. The molecular weight excluding hydrogens is 311 g/mol. The van der Waals surface area contributed by atoms with Gasteiger partial charge in [-0.15, -0.1) is 0 Å². The van der Waals surface area contributed by atoms with Gasteiger partial charge in [-0.1, -0.05) is 30.3 Å². The first-order valence-corrected chi connectivity index (χ1v) is 7.36. The first-order chi connectivity index (χ1) is 11.7. The van der Waals surface area contributed by atoms with Crippen LogP contribution in [0.3, 0.4) is 0 Å². The van der Waals surface area contributed by atoms with E-state index < -0.39 is 11.9 Å². The maximum atomic E-state index is 14.0. The molecule has 8 heteroatoms. The Bertz CT molecular complexity index is 807. The van der Waals surface area contributed by atoms with Crippen LogP contribution in [0.1, 0.15) is 11.6 Å². The van der Waals surface area contributed by atoms with Crippen LogP contribution >= 0.6 is 0 Å². The topological polar surface area (TPSA) is 87.9 Å². The monoisotopic (exact) mass is 328 g/mol. The normalized spacial score (nSPS) is 12.0. The third kappa shape index (κ3) is 3.66. The molecule has 0 bridgehead atoms. The van der Waals surface area contributed by atoms with Gasteiger partial charge in [-0.3, -0.25) is 4.68 Å². The van der Waals surface area contributed by atoms with Gasteiger partial charge in [0.2, 0.25) is 5.95 Å². The average molecular weight is 328 g/mol. The number of nitrogens with zero attached hydrogens (tertiary/aromatic N) is 4. The molecule has 3 aromatic rings. The lowest BCUT2D eigenvalue weighted by molar-refractivity contribution is 0.276. The van der Waals surface area contributed by atoms with Gasteiger partial charge in [-0.2, -0.15) is 10.1 Å². The van der Waals surface area contributed by atoms with Crippen molar-refractivity contribution in [1.29, 1.82) is 0 Å². The van der Waals surface area contributed by atoms with Gasteiger partial charge >= 0.3 is 0 Å². The summed E-state index contributed by atoms with van der Waals surface area (Å²) in [5.74, 6) is -0.350. The van der Waals surface area contributed by atoms with Crippen molar-refractivity contribution in [3.63, 3.8) is 0 Å². The van der Waals surface area contributed by atoms with Crippen molar-refractivity contribution in [1.82, 2.24) is 19.7 Å². The number of aliphatic hydroxyl groups is 1. The molecule has 0 radical (unpaired) electrons. The van der Waals surface area contributed by atoms with Crippen LogP contribution in [0.25, 0.3) is 0 Å². The van der Waals surface area contributed by atoms with Crippen LogP contribution in [-0.4, -0.2) is 31.5 Å². The highest BCUT2D eigenvalue weighted by Crippen LogP contribution is 2.21. The highest BCUT2D eigenvalue weighted by atomic mass is 19.1. The summed E-state index contributed by atoms with van der Waals surface area (Å²) in [6.07, 6.45) is 4.44. The number of hydrogen-bond donors (Lipinski definition) is 3. The fraction of sp³-hybridized carbons (Fsp3) is 0.188. The second kappa shape index (κ2) is 7.05. The van der Waals surface area contributed by atoms with Crippen LogP contribution in [0.5, 0.6) is 0 Å². The third-order valence-corrected chi connectivity index (χ3v) is 3.40. The average Bonchev–Trinajstić information content (AvgIpc) is 3.01. The molecule has 7 nitrogen and oxygen atoms in total. The van der Waals surface area contributed by atoms with Gasteiger partial charge in [-0.25, -0.2) is 9.37 Å². The summed E-state index contributed by atoms with van der Waals surface area (Å²) >= 11 is 0. The van der Waals surface area contributed by atoms with E-state index in [0.29, 0.717) is 5.69 Å². The number of nitrogens with one attached hydrogen (secondary N) is 2. The molecule has 1 unspecified atom stereocenters. The minimum absolute atomic E-state index is 0.0132. The minimum atomic E-state index is -0.596. The lowest BCUT2D eigenvalue weighted by Crippen LogP contribution is -2.17. The molecule has 124 valence electrons. The molecule has 3 rings (SSSR count). The summed E-state index contributed by atoms with van der Waals surface area (Å²) in [6.45, 7) is -0.196. The molecular formula is C16H17FN6O. The Morgan fingerprint density at radius 1 is 1.25 bits per heavy atom. The Kier molecular flexibility index (Phi) is 4.66. The molecule has 0 aliphatic heterocycles. The number of rotatable bonds is 6. The molecule has 24 heavy (non-hydrogen) atoms. The predicted molar refractivity (Wildman–Crippen MR) is 88.4 cm³/mol. The van der Waals surface area contributed by atoms with Crippen LogP contribution in [0.2, 0.25) is 0 Å². The Morgan fingerprint density at radius 2 is 2.04 bits per heavy atom. The predicted octanol–water partition coefficient (Wildman–Crippen LogP) is 2.24. The van der Waals surface area contributed by atoms with Gasteiger partial charge in [0.15, 0.2) is 11.6 Å². The minimum Gasteiger partial charge on any atom is -0.394 e. The summed E-state index contributed by atoms with van der Waals surface area (Å²) in [5.41, 5.74) is 1.52. The largest absolute Gasteiger partial charge is 0.394 e. The lowest BCUT2D eigenvalue weighted by atomic mass is 10.1. The van der Waals surface area contributed by atoms with E-state index in [1.54, 1.807) is 24.1 Å². The molecule has 3 N–H and O–H groups in total. The van der Waals surface area contributed by atoms with Gasteiger partial charge in [0.1, 0.15) is 0 Å². The van der Waals surface area contributed by atoms with Crippen molar-refractivity contribution in [2.45, 2.75) is 6.04 Å². The molecule has 0 saturated carbocycles. The number of aromatic nitrogens is 4.